The normalized spacial score (nSPS) is 15.4. The van der Waals surface area contributed by atoms with Crippen molar-refractivity contribution in [2.75, 3.05) is 31.5 Å². The van der Waals surface area contributed by atoms with E-state index < -0.39 is 23.6 Å². The number of piperazine rings is 1. The van der Waals surface area contributed by atoms with Crippen molar-refractivity contribution in [3.8, 4) is 0 Å². The minimum atomic E-state index is -4.52. The molecule has 1 N–H and O–H groups in total. The van der Waals surface area contributed by atoms with E-state index in [0.717, 1.165) is 23.5 Å². The Hall–Kier alpha value is -3.17. The Balaban J connectivity index is 2.34. The van der Waals surface area contributed by atoms with Crippen LogP contribution >= 0.6 is 0 Å². The van der Waals surface area contributed by atoms with Crippen LogP contribution in [0.3, 0.4) is 0 Å². The number of nitrogens with one attached hydrogen (secondary N) is 1. The van der Waals surface area contributed by atoms with E-state index in [2.05, 4.69) is 16.9 Å². The number of halogens is 4. The molecular formula is C23H29F4N5O. The lowest BCUT2D eigenvalue weighted by Gasteiger charge is -2.37. The lowest BCUT2D eigenvalue weighted by molar-refractivity contribution is -0.141. The maximum absolute atomic E-state index is 13.2. The molecule has 0 aliphatic carbocycles. The van der Waals surface area contributed by atoms with Crippen molar-refractivity contribution in [3.63, 3.8) is 0 Å². The molecule has 0 aromatic carbocycles. The van der Waals surface area contributed by atoms with E-state index in [1.807, 2.05) is 38.7 Å². The molecule has 0 atom stereocenters. The van der Waals surface area contributed by atoms with Gasteiger partial charge in [-0.05, 0) is 39.3 Å². The van der Waals surface area contributed by atoms with Gasteiger partial charge in [-0.25, -0.2) is 14.4 Å². The van der Waals surface area contributed by atoms with Crippen LogP contribution in [0.25, 0.3) is 0 Å². The first kappa shape index (κ1) is 26.1. The number of allylic oxidation sites excluding steroid dienone is 3. The van der Waals surface area contributed by atoms with Gasteiger partial charge in [0.1, 0.15) is 5.69 Å². The van der Waals surface area contributed by atoms with Gasteiger partial charge < -0.3 is 15.1 Å². The summed E-state index contributed by atoms with van der Waals surface area (Å²) in [7, 11) is 0. The molecule has 10 heteroatoms. The molecule has 0 unspecified atom stereocenters. The molecular weight excluding hydrogens is 438 g/mol. The van der Waals surface area contributed by atoms with Crippen LogP contribution in [0.1, 0.15) is 39.8 Å². The van der Waals surface area contributed by atoms with Crippen molar-refractivity contribution in [1.82, 2.24) is 14.8 Å². The number of aliphatic imine (C=N–C) groups is 1. The van der Waals surface area contributed by atoms with Gasteiger partial charge in [0, 0.05) is 31.9 Å². The molecule has 2 rings (SSSR count). The van der Waals surface area contributed by atoms with Gasteiger partial charge >= 0.3 is 6.18 Å². The summed E-state index contributed by atoms with van der Waals surface area (Å²) in [5, 5.41) is 3.13. The number of amides is 1. The number of rotatable bonds is 6. The highest BCUT2D eigenvalue weighted by molar-refractivity contribution is 6.01. The number of hydrogen-bond acceptors (Lipinski definition) is 4. The third kappa shape index (κ3) is 7.16. The van der Waals surface area contributed by atoms with Crippen LogP contribution in [-0.2, 0) is 11.0 Å². The summed E-state index contributed by atoms with van der Waals surface area (Å²) in [4.78, 5) is 23.5. The van der Waals surface area contributed by atoms with Crippen LogP contribution in [0.2, 0.25) is 0 Å². The van der Waals surface area contributed by atoms with Crippen molar-refractivity contribution >= 4 is 17.4 Å². The predicted molar refractivity (Wildman–Crippen MR) is 121 cm³/mol. The summed E-state index contributed by atoms with van der Waals surface area (Å²) in [5.41, 5.74) is 1.80. The Morgan fingerprint density at radius 2 is 1.79 bits per heavy atom. The number of carbonyl (C=O) groups excluding carboxylic acids is 1. The van der Waals surface area contributed by atoms with Crippen molar-refractivity contribution in [3.05, 3.63) is 59.5 Å². The molecule has 2 heterocycles. The lowest BCUT2D eigenvalue weighted by atomic mass is 10.2. The summed E-state index contributed by atoms with van der Waals surface area (Å²) in [6.07, 6.45) is -0.865. The molecule has 0 saturated carbocycles. The Kier molecular flexibility index (Phi) is 8.78. The second-order valence-electron chi connectivity index (χ2n) is 7.79. The highest BCUT2D eigenvalue weighted by Crippen LogP contribution is 2.28. The molecule has 1 amide bonds. The van der Waals surface area contributed by atoms with E-state index in [4.69, 9.17) is 4.99 Å². The largest absolute Gasteiger partial charge is 0.433 e. The summed E-state index contributed by atoms with van der Waals surface area (Å²) in [5.74, 6) is -1.14. The van der Waals surface area contributed by atoms with E-state index in [1.165, 1.54) is 11.0 Å². The van der Waals surface area contributed by atoms with Crippen LogP contribution in [0.4, 0.5) is 23.2 Å². The third-order valence-electron chi connectivity index (χ3n) is 5.08. The SMILES string of the molecule is C=C(F)C(=O)N1CCN(C(=NC(C)=C(C)C)/C(=C/CC)Nc2ccc(C(F)(F)F)nc2)CC1. The first-order chi connectivity index (χ1) is 15.4. The molecule has 1 aromatic rings. The van der Waals surface area contributed by atoms with E-state index in [1.54, 1.807) is 0 Å². The van der Waals surface area contributed by atoms with E-state index in [0.29, 0.717) is 36.7 Å². The maximum Gasteiger partial charge on any atom is 0.433 e. The van der Waals surface area contributed by atoms with Gasteiger partial charge in [0.05, 0.1) is 17.6 Å². The fourth-order valence-corrected chi connectivity index (χ4v) is 3.06. The summed E-state index contributed by atoms with van der Waals surface area (Å²) in [6, 6.07) is 2.23. The standard InChI is InChI=1S/C23H29F4N5O/c1-6-7-19(30-18-8-9-20(28-14-18)23(25,26)27)21(29-17(5)15(2)3)31-10-12-32(13-11-31)22(33)16(4)24/h7-9,14,30H,4,6,10-13H2,1-3,5H3/b19-7-,29-21?. The zero-order chi connectivity index (χ0) is 24.8. The van der Waals surface area contributed by atoms with Crippen LogP contribution in [0.15, 0.2) is 58.8 Å². The van der Waals surface area contributed by atoms with Gasteiger partial charge in [0.25, 0.3) is 5.91 Å². The molecule has 0 bridgehead atoms. The number of anilines is 1. The Morgan fingerprint density at radius 1 is 1.18 bits per heavy atom. The smallest absolute Gasteiger partial charge is 0.352 e. The quantitative estimate of drug-likeness (QED) is 0.272. The fourth-order valence-electron chi connectivity index (χ4n) is 3.06. The Bertz CT molecular complexity index is 952. The third-order valence-corrected chi connectivity index (χ3v) is 5.08. The molecule has 180 valence electrons. The van der Waals surface area contributed by atoms with Crippen molar-refractivity contribution in [2.24, 2.45) is 4.99 Å². The van der Waals surface area contributed by atoms with Gasteiger partial charge in [0.2, 0.25) is 0 Å². The minimum absolute atomic E-state index is 0.288. The molecule has 6 nitrogen and oxygen atoms in total. The molecule has 0 spiro atoms. The second kappa shape index (κ2) is 11.1. The number of hydrogen-bond donors (Lipinski definition) is 1. The molecule has 1 aromatic heterocycles. The highest BCUT2D eigenvalue weighted by Gasteiger charge is 2.32. The van der Waals surface area contributed by atoms with Crippen LogP contribution < -0.4 is 5.32 Å². The van der Waals surface area contributed by atoms with Crippen molar-refractivity contribution < 1.29 is 22.4 Å². The average molecular weight is 468 g/mol. The Labute approximate surface area is 191 Å². The van der Waals surface area contributed by atoms with Gasteiger partial charge in [-0.2, -0.15) is 13.2 Å². The van der Waals surface area contributed by atoms with Gasteiger partial charge in [0.15, 0.2) is 11.7 Å². The van der Waals surface area contributed by atoms with Crippen molar-refractivity contribution in [1.29, 1.82) is 0 Å². The summed E-state index contributed by atoms with van der Waals surface area (Å²) in [6.45, 7) is 12.1. The zero-order valence-corrected chi connectivity index (χ0v) is 19.3. The van der Waals surface area contributed by atoms with Gasteiger partial charge in [-0.3, -0.25) is 4.79 Å². The fraction of sp³-hybridized carbons (Fsp3) is 0.435. The molecule has 1 fully saturated rings. The second-order valence-corrected chi connectivity index (χ2v) is 7.79. The number of aromatic nitrogens is 1. The van der Waals surface area contributed by atoms with E-state index in [9.17, 15) is 22.4 Å². The number of carbonyl (C=O) groups is 1. The molecule has 0 radical (unpaired) electrons. The topological polar surface area (TPSA) is 60.8 Å². The number of alkyl halides is 3. The van der Waals surface area contributed by atoms with Gasteiger partial charge in [-0.15, -0.1) is 0 Å². The van der Waals surface area contributed by atoms with Crippen LogP contribution in [-0.4, -0.2) is 52.7 Å². The van der Waals surface area contributed by atoms with E-state index >= 15 is 0 Å². The molecule has 1 saturated heterocycles. The summed E-state index contributed by atoms with van der Waals surface area (Å²) >= 11 is 0. The number of pyridine rings is 1. The van der Waals surface area contributed by atoms with Crippen LogP contribution in [0.5, 0.6) is 0 Å². The molecule has 1 aliphatic heterocycles. The average Bonchev–Trinajstić information content (AvgIpc) is 2.76. The van der Waals surface area contributed by atoms with Crippen molar-refractivity contribution in [2.45, 2.75) is 40.3 Å². The van der Waals surface area contributed by atoms with E-state index in [-0.39, 0.29) is 13.1 Å². The molecule has 1 aliphatic rings. The predicted octanol–water partition coefficient (Wildman–Crippen LogP) is 5.15. The monoisotopic (exact) mass is 467 g/mol. The lowest BCUT2D eigenvalue weighted by Crippen LogP contribution is -2.51. The number of amidine groups is 1. The highest BCUT2D eigenvalue weighted by atomic mass is 19.4. The van der Waals surface area contributed by atoms with Gasteiger partial charge in [-0.1, -0.05) is 25.2 Å². The number of nitrogens with zero attached hydrogens (tertiary/aromatic N) is 4. The minimum Gasteiger partial charge on any atom is -0.352 e. The maximum atomic E-state index is 13.2. The Morgan fingerprint density at radius 3 is 2.24 bits per heavy atom. The zero-order valence-electron chi connectivity index (χ0n) is 19.3. The summed E-state index contributed by atoms with van der Waals surface area (Å²) < 4.78 is 51.8. The van der Waals surface area contributed by atoms with Crippen LogP contribution in [0, 0.1) is 0 Å². The molecule has 33 heavy (non-hydrogen) atoms. The first-order valence-corrected chi connectivity index (χ1v) is 10.6. The first-order valence-electron chi connectivity index (χ1n) is 10.6.